The first kappa shape index (κ1) is 27.8. The Morgan fingerprint density at radius 3 is 1.97 bits per heavy atom. The van der Waals surface area contributed by atoms with Crippen molar-refractivity contribution in [2.45, 2.75) is 121 Å². The van der Waals surface area contributed by atoms with Gasteiger partial charge in [0.05, 0.1) is 0 Å². The summed E-state index contributed by atoms with van der Waals surface area (Å²) in [5, 5.41) is 37.8. The summed E-state index contributed by atoms with van der Waals surface area (Å²) in [6.07, 6.45) is 12.1. The van der Waals surface area contributed by atoms with E-state index in [1.807, 2.05) is 0 Å². The number of hydrogen-bond donors (Lipinski definition) is 4. The van der Waals surface area contributed by atoms with Gasteiger partial charge in [-0.2, -0.15) is 0 Å². The largest absolute Gasteiger partial charge is 0.463 e. The lowest BCUT2D eigenvalue weighted by Gasteiger charge is -2.23. The van der Waals surface area contributed by atoms with E-state index in [1.165, 1.54) is 32.1 Å². The first-order valence-corrected chi connectivity index (χ1v) is 11.7. The standard InChI is InChI=1S/C24H44O7/c1-2-3-4-5-6-7-8-9-10-11-12-13-14-15-16-17-22(28)31-19-21(27)24(30)23(29)20(26)18-25/h9-10,18,20-21,23-24,26-27,29-30H,2-8,11-17,19H2,1H3/b10-9-/t20-,21+,23+,24+/m0/s1/i1D. The second-order valence-corrected chi connectivity index (χ2v) is 8.05. The van der Waals surface area contributed by atoms with Crippen molar-refractivity contribution in [3.63, 3.8) is 0 Å². The minimum absolute atomic E-state index is 0.0513. The molecule has 0 spiro atoms. The third-order valence-electron chi connectivity index (χ3n) is 5.19. The monoisotopic (exact) mass is 445 g/mol. The van der Waals surface area contributed by atoms with Gasteiger partial charge >= 0.3 is 5.97 Å². The first-order valence-electron chi connectivity index (χ1n) is 12.4. The Bertz CT molecular complexity index is 487. The summed E-state index contributed by atoms with van der Waals surface area (Å²) < 4.78 is 12.0. The average Bonchev–Trinajstić information content (AvgIpc) is 2.80. The van der Waals surface area contributed by atoms with Crippen molar-refractivity contribution >= 4 is 12.3 Å². The van der Waals surface area contributed by atoms with Crippen molar-refractivity contribution in [2.75, 3.05) is 6.61 Å². The Morgan fingerprint density at radius 2 is 1.39 bits per heavy atom. The molecule has 0 aromatic carbocycles. The number of esters is 1. The SMILES string of the molecule is [2H]CCCCCCCC/C=C\CCCCCCCC(=O)OC[C@@H](O)[C@@H](O)[C@H](O)[C@@H](O)C=O. The van der Waals surface area contributed by atoms with E-state index in [4.69, 9.17) is 11.2 Å². The molecule has 0 fully saturated rings. The summed E-state index contributed by atoms with van der Waals surface area (Å²) >= 11 is 0. The lowest BCUT2D eigenvalue weighted by atomic mass is 10.0. The molecule has 182 valence electrons. The predicted octanol–water partition coefficient (Wildman–Crippen LogP) is 3.21. The second kappa shape index (κ2) is 20.6. The molecule has 4 N–H and O–H groups in total. The highest BCUT2D eigenvalue weighted by Gasteiger charge is 2.30. The van der Waals surface area contributed by atoms with Crippen LogP contribution in [0.25, 0.3) is 0 Å². The van der Waals surface area contributed by atoms with E-state index in [2.05, 4.69) is 12.2 Å². The van der Waals surface area contributed by atoms with Gasteiger partial charge in [-0.05, 0) is 32.1 Å². The van der Waals surface area contributed by atoms with Crippen LogP contribution in [0.15, 0.2) is 12.2 Å². The van der Waals surface area contributed by atoms with Crippen LogP contribution in [0.5, 0.6) is 0 Å². The first-order chi connectivity index (χ1) is 15.4. The van der Waals surface area contributed by atoms with Crippen molar-refractivity contribution in [3.05, 3.63) is 12.2 Å². The number of unbranched alkanes of at least 4 members (excludes halogenated alkanes) is 11. The molecule has 0 aromatic rings. The summed E-state index contributed by atoms with van der Waals surface area (Å²) in [6.45, 7) is 0.0392. The van der Waals surface area contributed by atoms with E-state index >= 15 is 0 Å². The van der Waals surface area contributed by atoms with E-state index in [9.17, 15) is 24.9 Å². The maximum atomic E-state index is 11.7. The second-order valence-electron chi connectivity index (χ2n) is 8.05. The third-order valence-corrected chi connectivity index (χ3v) is 5.19. The van der Waals surface area contributed by atoms with Gasteiger partial charge in [0.1, 0.15) is 31.0 Å². The molecule has 0 saturated heterocycles. The molecule has 0 rings (SSSR count). The fraction of sp³-hybridized carbons (Fsp3) is 0.833. The van der Waals surface area contributed by atoms with E-state index in [0.29, 0.717) is 13.3 Å². The number of hydrogen-bond acceptors (Lipinski definition) is 7. The number of ether oxygens (including phenoxy) is 1. The highest BCUT2D eigenvalue weighted by molar-refractivity contribution is 5.69. The van der Waals surface area contributed by atoms with Crippen molar-refractivity contribution in [2.24, 2.45) is 0 Å². The number of allylic oxidation sites excluding steroid dienone is 2. The van der Waals surface area contributed by atoms with Gasteiger partial charge in [0.25, 0.3) is 0 Å². The van der Waals surface area contributed by atoms with Crippen LogP contribution in [-0.4, -0.2) is 63.7 Å². The van der Waals surface area contributed by atoms with Crippen LogP contribution >= 0.6 is 0 Å². The molecule has 7 heteroatoms. The topological polar surface area (TPSA) is 124 Å². The van der Waals surface area contributed by atoms with Gasteiger partial charge < -0.3 is 30.0 Å². The van der Waals surface area contributed by atoms with E-state index in [-0.39, 0.29) is 12.7 Å². The third kappa shape index (κ3) is 17.0. The fourth-order valence-electron chi connectivity index (χ4n) is 3.13. The minimum atomic E-state index is -1.84. The number of aldehydes is 1. The Balaban J connectivity index is 3.53. The highest BCUT2D eigenvalue weighted by Crippen LogP contribution is 2.11. The molecule has 0 amide bonds. The molecule has 0 aromatic heterocycles. The molecule has 0 saturated carbocycles. The van der Waals surface area contributed by atoms with Crippen LogP contribution < -0.4 is 0 Å². The number of aliphatic hydroxyl groups is 4. The van der Waals surface area contributed by atoms with Gasteiger partial charge in [-0.15, -0.1) is 0 Å². The maximum absolute atomic E-state index is 11.7. The van der Waals surface area contributed by atoms with Crippen LogP contribution in [-0.2, 0) is 14.3 Å². The van der Waals surface area contributed by atoms with E-state index in [1.54, 1.807) is 0 Å². The smallest absolute Gasteiger partial charge is 0.305 e. The average molecular weight is 446 g/mol. The Labute approximate surface area is 188 Å². The zero-order chi connectivity index (χ0) is 24.0. The molecule has 31 heavy (non-hydrogen) atoms. The van der Waals surface area contributed by atoms with Crippen LogP contribution in [0.2, 0.25) is 0 Å². The van der Waals surface area contributed by atoms with Crippen molar-refractivity contribution in [1.29, 1.82) is 0 Å². The summed E-state index contributed by atoms with van der Waals surface area (Å²) in [6, 6.07) is 0. The Hall–Kier alpha value is -1.28. The zero-order valence-corrected chi connectivity index (χ0v) is 18.9. The molecule has 0 aliphatic carbocycles. The van der Waals surface area contributed by atoms with Gasteiger partial charge in [-0.1, -0.05) is 70.4 Å². The van der Waals surface area contributed by atoms with Gasteiger partial charge in [-0.25, -0.2) is 0 Å². The molecule has 4 atom stereocenters. The predicted molar refractivity (Wildman–Crippen MR) is 121 cm³/mol. The van der Waals surface area contributed by atoms with Gasteiger partial charge in [0.2, 0.25) is 0 Å². The molecule has 0 radical (unpaired) electrons. The molecular formula is C24H44O7. The fourth-order valence-corrected chi connectivity index (χ4v) is 3.13. The lowest BCUT2D eigenvalue weighted by Crippen LogP contribution is -2.46. The van der Waals surface area contributed by atoms with Crippen LogP contribution in [0, 0.1) is 0 Å². The van der Waals surface area contributed by atoms with Gasteiger partial charge in [0.15, 0.2) is 6.29 Å². The van der Waals surface area contributed by atoms with Crippen LogP contribution in [0.4, 0.5) is 0 Å². The van der Waals surface area contributed by atoms with Gasteiger partial charge in [-0.3, -0.25) is 4.79 Å². The molecule has 7 nitrogen and oxygen atoms in total. The molecule has 0 unspecified atom stereocenters. The summed E-state index contributed by atoms with van der Waals surface area (Å²) in [7, 11) is 0. The zero-order valence-electron chi connectivity index (χ0n) is 19.9. The van der Waals surface area contributed by atoms with Gasteiger partial charge in [0, 0.05) is 7.79 Å². The lowest BCUT2D eigenvalue weighted by molar-refractivity contribution is -0.156. The Morgan fingerprint density at radius 1 is 0.839 bits per heavy atom. The molecular weight excluding hydrogens is 400 g/mol. The number of rotatable bonds is 21. The van der Waals surface area contributed by atoms with Crippen molar-refractivity contribution in [3.8, 4) is 0 Å². The normalized spacial score (nSPS) is 15.9. The number of carbonyl (C=O) groups excluding carboxylic acids is 2. The van der Waals surface area contributed by atoms with Crippen LogP contribution in [0.3, 0.4) is 0 Å². The van der Waals surface area contributed by atoms with E-state index in [0.717, 1.165) is 44.9 Å². The quantitative estimate of drug-likeness (QED) is 0.0925. The highest BCUT2D eigenvalue weighted by atomic mass is 16.5. The minimum Gasteiger partial charge on any atom is -0.463 e. The van der Waals surface area contributed by atoms with Crippen LogP contribution in [0.1, 0.15) is 98.2 Å². The molecule has 0 aliphatic rings. The molecule has 0 heterocycles. The Kier molecular flexibility index (Phi) is 18.5. The number of carbonyl (C=O) groups is 2. The maximum Gasteiger partial charge on any atom is 0.305 e. The van der Waals surface area contributed by atoms with Crippen molar-refractivity contribution < 1.29 is 36.1 Å². The molecule has 0 aliphatic heterocycles. The van der Waals surface area contributed by atoms with Crippen molar-refractivity contribution in [1.82, 2.24) is 0 Å². The number of aliphatic hydroxyl groups excluding tert-OH is 4. The summed E-state index contributed by atoms with van der Waals surface area (Å²) in [5.74, 6) is -0.499. The molecule has 0 bridgehead atoms. The summed E-state index contributed by atoms with van der Waals surface area (Å²) in [4.78, 5) is 22.0. The van der Waals surface area contributed by atoms with E-state index < -0.39 is 37.0 Å². The summed E-state index contributed by atoms with van der Waals surface area (Å²) in [5.41, 5.74) is 0.